The van der Waals surface area contributed by atoms with Gasteiger partial charge in [0.05, 0.1) is 12.3 Å². The minimum absolute atomic E-state index is 0.0408. The predicted molar refractivity (Wildman–Crippen MR) is 84.5 cm³/mol. The van der Waals surface area contributed by atoms with E-state index in [2.05, 4.69) is 0 Å². The molecule has 3 atom stereocenters. The zero-order valence-electron chi connectivity index (χ0n) is 12.4. The highest BCUT2D eigenvalue weighted by atomic mass is 16.5. The average molecular weight is 308 g/mol. The third-order valence-corrected chi connectivity index (χ3v) is 4.64. The third kappa shape index (κ3) is 2.40. The Morgan fingerprint density at radius 3 is 2.65 bits per heavy atom. The summed E-state index contributed by atoms with van der Waals surface area (Å²) in [6, 6.07) is 7.88. The maximum absolute atomic E-state index is 12.4. The highest BCUT2D eigenvalue weighted by Gasteiger charge is 2.48. The van der Waals surface area contributed by atoms with E-state index >= 15 is 0 Å². The number of carboxylic acids is 1. The number of aliphatic carboxylic acids is 1. The largest absolute Gasteiger partial charge is 0.485 e. The lowest BCUT2D eigenvalue weighted by Gasteiger charge is -2.25. The van der Waals surface area contributed by atoms with Gasteiger partial charge >= 0.3 is 5.97 Å². The summed E-state index contributed by atoms with van der Waals surface area (Å²) in [6.45, 7) is 0. The Morgan fingerprint density at radius 2 is 1.91 bits per heavy atom. The topological polar surface area (TPSA) is 63.6 Å². The number of ketones is 1. The number of benzene rings is 1. The molecule has 23 heavy (non-hydrogen) atoms. The van der Waals surface area contributed by atoms with Crippen LogP contribution in [0, 0.1) is 11.8 Å². The molecule has 2 aliphatic carbocycles. The van der Waals surface area contributed by atoms with Gasteiger partial charge in [0.2, 0.25) is 0 Å². The van der Waals surface area contributed by atoms with Crippen LogP contribution in [-0.4, -0.2) is 23.0 Å². The molecule has 4 rings (SSSR count). The van der Waals surface area contributed by atoms with Crippen LogP contribution in [0.3, 0.4) is 0 Å². The van der Waals surface area contributed by atoms with Crippen molar-refractivity contribution in [1.29, 1.82) is 0 Å². The minimum atomic E-state index is -0.880. The summed E-state index contributed by atoms with van der Waals surface area (Å²) in [7, 11) is 0. The molecule has 0 aromatic heterocycles. The number of hydrogen-bond acceptors (Lipinski definition) is 3. The Balaban J connectivity index is 1.72. The summed E-state index contributed by atoms with van der Waals surface area (Å²) in [4.78, 5) is 23.3. The number of carbonyl (C=O) groups is 2. The first kappa shape index (κ1) is 14.0. The fourth-order valence-electron chi connectivity index (χ4n) is 3.31. The molecule has 116 valence electrons. The van der Waals surface area contributed by atoms with Crippen LogP contribution in [0.25, 0.3) is 11.3 Å². The van der Waals surface area contributed by atoms with Crippen LogP contribution in [-0.2, 0) is 14.3 Å². The van der Waals surface area contributed by atoms with Crippen LogP contribution in [0.4, 0.5) is 0 Å². The fourth-order valence-corrected chi connectivity index (χ4v) is 3.31. The summed E-state index contributed by atoms with van der Waals surface area (Å²) in [5.74, 6) is -1.14. The van der Waals surface area contributed by atoms with Gasteiger partial charge in [-0.05, 0) is 17.7 Å². The maximum Gasteiger partial charge on any atom is 0.307 e. The van der Waals surface area contributed by atoms with Gasteiger partial charge in [-0.2, -0.15) is 0 Å². The SMILES string of the molecule is O=C(O)[C@@H]1C[C@H]1C(=O)CC1=c2ccccc2=C2C=CC=CC2O1. The maximum atomic E-state index is 12.4. The molecule has 1 aromatic rings. The third-order valence-electron chi connectivity index (χ3n) is 4.64. The normalized spacial score (nSPS) is 27.0. The van der Waals surface area contributed by atoms with Gasteiger partial charge < -0.3 is 9.84 Å². The van der Waals surface area contributed by atoms with Crippen molar-refractivity contribution in [2.24, 2.45) is 11.8 Å². The first-order chi connectivity index (χ1) is 11.1. The molecular weight excluding hydrogens is 292 g/mol. The molecule has 0 spiro atoms. The van der Waals surface area contributed by atoms with Gasteiger partial charge in [-0.25, -0.2) is 0 Å². The van der Waals surface area contributed by atoms with Crippen LogP contribution < -0.4 is 10.4 Å². The molecule has 1 aromatic carbocycles. The molecule has 1 aliphatic heterocycles. The van der Waals surface area contributed by atoms with Crippen LogP contribution in [0.1, 0.15) is 12.8 Å². The molecule has 0 radical (unpaired) electrons. The van der Waals surface area contributed by atoms with E-state index in [-0.39, 0.29) is 24.2 Å². The average Bonchev–Trinajstić information content (AvgIpc) is 3.36. The number of Topliss-reactive ketones (excluding diaryl/α,β-unsaturated/α-hetero) is 1. The van der Waals surface area contributed by atoms with E-state index < -0.39 is 11.9 Å². The van der Waals surface area contributed by atoms with Crippen LogP contribution >= 0.6 is 0 Å². The number of allylic oxidation sites excluding steroid dienone is 2. The van der Waals surface area contributed by atoms with E-state index in [1.807, 2.05) is 48.6 Å². The number of carbonyl (C=O) groups excluding carboxylic acids is 1. The zero-order chi connectivity index (χ0) is 16.0. The second-order valence-electron chi connectivity index (χ2n) is 6.14. The molecule has 1 unspecified atom stereocenters. The second-order valence-corrected chi connectivity index (χ2v) is 6.14. The molecule has 0 bridgehead atoms. The second kappa shape index (κ2) is 5.23. The van der Waals surface area contributed by atoms with Gasteiger partial charge in [0.1, 0.15) is 17.6 Å². The summed E-state index contributed by atoms with van der Waals surface area (Å²) in [6.07, 6.45) is 8.34. The zero-order valence-corrected chi connectivity index (χ0v) is 12.4. The Morgan fingerprint density at radius 1 is 1.13 bits per heavy atom. The standard InChI is InChI=1S/C19H16O4/c20-16(14-9-15(14)19(21)22)10-18-13-7-2-1-5-11(13)12-6-3-4-8-17(12)23-18/h1-8,14-15,17H,9-10H2,(H,21,22)/t14-,15-,17?/m1/s1. The fraction of sp³-hybridized carbons (Fsp3) is 0.263. The van der Waals surface area contributed by atoms with E-state index in [0.29, 0.717) is 12.2 Å². The lowest BCUT2D eigenvalue weighted by molar-refractivity contribution is -0.140. The Bertz CT molecular complexity index is 875. The summed E-state index contributed by atoms with van der Waals surface area (Å²) >= 11 is 0. The Hall–Kier alpha value is -2.62. The van der Waals surface area contributed by atoms with Crippen molar-refractivity contribution in [2.75, 3.05) is 0 Å². The molecule has 0 amide bonds. The molecule has 4 nitrogen and oxygen atoms in total. The Kier molecular flexibility index (Phi) is 3.18. The molecule has 3 aliphatic rings. The van der Waals surface area contributed by atoms with E-state index in [0.717, 1.165) is 16.0 Å². The molecule has 1 fully saturated rings. The van der Waals surface area contributed by atoms with Crippen molar-refractivity contribution in [3.05, 3.63) is 59.0 Å². The van der Waals surface area contributed by atoms with E-state index in [1.165, 1.54) is 0 Å². The van der Waals surface area contributed by atoms with Crippen molar-refractivity contribution in [2.45, 2.75) is 18.9 Å². The minimum Gasteiger partial charge on any atom is -0.485 e. The van der Waals surface area contributed by atoms with Crippen LogP contribution in [0.5, 0.6) is 0 Å². The molecule has 4 heteroatoms. The Labute approximate surface area is 133 Å². The van der Waals surface area contributed by atoms with Gasteiger partial charge in [0.15, 0.2) is 0 Å². The van der Waals surface area contributed by atoms with E-state index in [4.69, 9.17) is 9.84 Å². The van der Waals surface area contributed by atoms with E-state index in [9.17, 15) is 9.59 Å². The van der Waals surface area contributed by atoms with Crippen molar-refractivity contribution >= 4 is 23.1 Å². The first-order valence-corrected chi connectivity index (χ1v) is 7.74. The molecule has 1 N–H and O–H groups in total. The van der Waals surface area contributed by atoms with Crippen molar-refractivity contribution < 1.29 is 19.4 Å². The number of rotatable bonds is 4. The van der Waals surface area contributed by atoms with E-state index in [1.54, 1.807) is 0 Å². The van der Waals surface area contributed by atoms with Gasteiger partial charge in [-0.1, -0.05) is 42.5 Å². The van der Waals surface area contributed by atoms with Crippen LogP contribution in [0.2, 0.25) is 0 Å². The monoisotopic (exact) mass is 308 g/mol. The summed E-state index contributed by atoms with van der Waals surface area (Å²) < 4.78 is 6.03. The molecule has 1 heterocycles. The van der Waals surface area contributed by atoms with Gasteiger partial charge in [-0.3, -0.25) is 9.59 Å². The summed E-state index contributed by atoms with van der Waals surface area (Å²) in [5.41, 5.74) is 1.09. The van der Waals surface area contributed by atoms with Gasteiger partial charge in [0, 0.05) is 16.7 Å². The van der Waals surface area contributed by atoms with Crippen molar-refractivity contribution in [3.63, 3.8) is 0 Å². The van der Waals surface area contributed by atoms with Crippen LogP contribution in [0.15, 0.2) is 48.6 Å². The number of hydrogen-bond donors (Lipinski definition) is 1. The predicted octanol–water partition coefficient (Wildman–Crippen LogP) is 1.15. The molecule has 1 saturated carbocycles. The first-order valence-electron chi connectivity index (χ1n) is 7.74. The molecule has 0 saturated heterocycles. The van der Waals surface area contributed by atoms with Crippen molar-refractivity contribution in [1.82, 2.24) is 0 Å². The lowest BCUT2D eigenvalue weighted by atomic mass is 9.96. The van der Waals surface area contributed by atoms with Crippen molar-refractivity contribution in [3.8, 4) is 0 Å². The highest BCUT2D eigenvalue weighted by molar-refractivity contribution is 5.94. The smallest absolute Gasteiger partial charge is 0.307 e. The van der Waals surface area contributed by atoms with Gasteiger partial charge in [-0.15, -0.1) is 0 Å². The quantitative estimate of drug-likeness (QED) is 0.906. The number of carboxylic acid groups (broad SMARTS) is 1. The number of ether oxygens (including phenoxy) is 1. The summed E-state index contributed by atoms with van der Waals surface area (Å²) in [5, 5.41) is 11.0. The molecular formula is C19H16O4. The number of fused-ring (bicyclic) bond motifs is 2. The lowest BCUT2D eigenvalue weighted by Crippen LogP contribution is -2.38. The van der Waals surface area contributed by atoms with Gasteiger partial charge in [0.25, 0.3) is 0 Å². The highest BCUT2D eigenvalue weighted by Crippen LogP contribution is 2.41.